The second-order valence-electron chi connectivity index (χ2n) is 5.41. The van der Waals surface area contributed by atoms with Crippen LogP contribution in [-0.2, 0) is 4.74 Å². The van der Waals surface area contributed by atoms with E-state index < -0.39 is 0 Å². The van der Waals surface area contributed by atoms with E-state index in [0.717, 1.165) is 6.04 Å². The molecule has 1 aliphatic heterocycles. The maximum Gasteiger partial charge on any atom is 0.0724 e. The van der Waals surface area contributed by atoms with Crippen molar-refractivity contribution in [2.24, 2.45) is 0 Å². The fourth-order valence-corrected chi connectivity index (χ4v) is 3.05. The Morgan fingerprint density at radius 3 is 2.44 bits per heavy atom. The molecular weight excluding hydrogens is 200 g/mol. The van der Waals surface area contributed by atoms with E-state index in [-0.39, 0.29) is 0 Å². The maximum absolute atomic E-state index is 5.59. The molecule has 0 bridgehead atoms. The molecule has 16 heavy (non-hydrogen) atoms. The summed E-state index contributed by atoms with van der Waals surface area (Å²) in [5.41, 5.74) is 0. The maximum atomic E-state index is 5.59. The fourth-order valence-electron chi connectivity index (χ4n) is 3.05. The Labute approximate surface area is 99.5 Å². The number of rotatable bonds is 3. The zero-order valence-electron chi connectivity index (χ0n) is 10.7. The third-order valence-corrected chi connectivity index (χ3v) is 4.17. The monoisotopic (exact) mass is 226 g/mol. The van der Waals surface area contributed by atoms with Gasteiger partial charge >= 0.3 is 0 Å². The Morgan fingerprint density at radius 1 is 1.06 bits per heavy atom. The summed E-state index contributed by atoms with van der Waals surface area (Å²) in [7, 11) is 4.08. The quantitative estimate of drug-likeness (QED) is 0.791. The lowest BCUT2D eigenvalue weighted by molar-refractivity contribution is 0.0342. The van der Waals surface area contributed by atoms with Gasteiger partial charge in [-0.05, 0) is 45.8 Å². The Hall–Kier alpha value is -0.120. The first kappa shape index (κ1) is 12.3. The van der Waals surface area contributed by atoms with Crippen molar-refractivity contribution in [1.82, 2.24) is 10.2 Å². The second kappa shape index (κ2) is 5.99. The molecule has 0 aromatic carbocycles. The van der Waals surface area contributed by atoms with Gasteiger partial charge in [-0.1, -0.05) is 12.8 Å². The molecule has 3 nitrogen and oxygen atoms in total. The summed E-state index contributed by atoms with van der Waals surface area (Å²) in [5, 5.41) is 3.83. The predicted octanol–water partition coefficient (Wildman–Crippen LogP) is 1.63. The van der Waals surface area contributed by atoms with Gasteiger partial charge in [-0.3, -0.25) is 0 Å². The van der Waals surface area contributed by atoms with Gasteiger partial charge in [0.15, 0.2) is 0 Å². The van der Waals surface area contributed by atoms with E-state index in [0.29, 0.717) is 12.1 Å². The molecule has 0 aromatic rings. The topological polar surface area (TPSA) is 24.5 Å². The predicted molar refractivity (Wildman–Crippen MR) is 66.7 cm³/mol. The lowest BCUT2D eigenvalue weighted by atomic mass is 9.91. The van der Waals surface area contributed by atoms with E-state index in [1.54, 1.807) is 0 Å². The number of ether oxygens (including phenoxy) is 1. The van der Waals surface area contributed by atoms with Crippen LogP contribution in [-0.4, -0.2) is 50.3 Å². The highest BCUT2D eigenvalue weighted by molar-refractivity contribution is 4.86. The molecule has 0 amide bonds. The highest BCUT2D eigenvalue weighted by Crippen LogP contribution is 2.22. The van der Waals surface area contributed by atoms with E-state index in [9.17, 15) is 0 Å². The number of piperidine rings is 1. The van der Waals surface area contributed by atoms with Gasteiger partial charge in [-0.25, -0.2) is 0 Å². The normalized spacial score (nSPS) is 34.1. The van der Waals surface area contributed by atoms with Crippen LogP contribution in [0.4, 0.5) is 0 Å². The van der Waals surface area contributed by atoms with Crippen molar-refractivity contribution in [3.8, 4) is 0 Å². The fraction of sp³-hybridized carbons (Fsp3) is 1.00. The van der Waals surface area contributed by atoms with Gasteiger partial charge in [-0.15, -0.1) is 0 Å². The summed E-state index contributed by atoms with van der Waals surface area (Å²) in [4.78, 5) is 2.42. The Morgan fingerprint density at radius 2 is 1.75 bits per heavy atom. The zero-order chi connectivity index (χ0) is 11.4. The SMILES string of the molecule is COC1CCCCC1NC1CCN(C)CC1. The first-order valence-electron chi connectivity index (χ1n) is 6.77. The van der Waals surface area contributed by atoms with Gasteiger partial charge < -0.3 is 15.0 Å². The minimum absolute atomic E-state index is 0.452. The standard InChI is InChI=1S/C13H26N2O/c1-15-9-7-11(8-10-15)14-12-5-3-4-6-13(12)16-2/h11-14H,3-10H2,1-2H3. The van der Waals surface area contributed by atoms with Crippen molar-refractivity contribution in [3.05, 3.63) is 0 Å². The molecule has 1 aliphatic carbocycles. The highest BCUT2D eigenvalue weighted by Gasteiger charge is 2.27. The molecule has 2 rings (SSSR count). The molecule has 1 N–H and O–H groups in total. The van der Waals surface area contributed by atoms with Gasteiger partial charge in [0.25, 0.3) is 0 Å². The van der Waals surface area contributed by atoms with Crippen LogP contribution in [0.1, 0.15) is 38.5 Å². The first-order valence-corrected chi connectivity index (χ1v) is 6.77. The Kier molecular flexibility index (Phi) is 4.62. The van der Waals surface area contributed by atoms with Crippen molar-refractivity contribution in [1.29, 1.82) is 0 Å². The Balaban J connectivity index is 1.78. The molecule has 0 aromatic heterocycles. The number of nitrogens with one attached hydrogen (secondary N) is 1. The van der Waals surface area contributed by atoms with Crippen molar-refractivity contribution in [2.45, 2.75) is 56.7 Å². The van der Waals surface area contributed by atoms with E-state index in [1.807, 2.05) is 7.11 Å². The van der Waals surface area contributed by atoms with Crippen LogP contribution in [0, 0.1) is 0 Å². The smallest absolute Gasteiger partial charge is 0.0724 e. The molecule has 2 fully saturated rings. The summed E-state index contributed by atoms with van der Waals surface area (Å²) in [6, 6.07) is 1.32. The lowest BCUT2D eigenvalue weighted by Crippen LogP contribution is -2.50. The van der Waals surface area contributed by atoms with Gasteiger partial charge in [0, 0.05) is 19.2 Å². The van der Waals surface area contributed by atoms with Crippen molar-refractivity contribution < 1.29 is 4.74 Å². The summed E-state index contributed by atoms with van der Waals surface area (Å²) in [6.07, 6.45) is 8.28. The largest absolute Gasteiger partial charge is 0.380 e. The molecule has 2 atom stereocenters. The van der Waals surface area contributed by atoms with Gasteiger partial charge in [0.1, 0.15) is 0 Å². The van der Waals surface area contributed by atoms with Gasteiger partial charge in [0.05, 0.1) is 6.10 Å². The minimum Gasteiger partial charge on any atom is -0.380 e. The third-order valence-electron chi connectivity index (χ3n) is 4.17. The first-order chi connectivity index (χ1) is 7.79. The van der Waals surface area contributed by atoms with E-state index in [4.69, 9.17) is 4.74 Å². The van der Waals surface area contributed by atoms with Crippen LogP contribution >= 0.6 is 0 Å². The number of hydrogen-bond acceptors (Lipinski definition) is 3. The molecule has 3 heteroatoms. The molecule has 1 heterocycles. The van der Waals surface area contributed by atoms with E-state index >= 15 is 0 Å². The van der Waals surface area contributed by atoms with E-state index in [1.165, 1.54) is 51.6 Å². The number of likely N-dealkylation sites (tertiary alicyclic amines) is 1. The number of hydrogen-bond donors (Lipinski definition) is 1. The minimum atomic E-state index is 0.452. The molecule has 0 spiro atoms. The molecular formula is C13H26N2O. The van der Waals surface area contributed by atoms with Gasteiger partial charge in [0.2, 0.25) is 0 Å². The molecule has 0 radical (unpaired) electrons. The van der Waals surface area contributed by atoms with Crippen LogP contribution in [0.2, 0.25) is 0 Å². The van der Waals surface area contributed by atoms with Crippen LogP contribution in [0.5, 0.6) is 0 Å². The van der Waals surface area contributed by atoms with Crippen molar-refractivity contribution in [3.63, 3.8) is 0 Å². The van der Waals surface area contributed by atoms with E-state index in [2.05, 4.69) is 17.3 Å². The van der Waals surface area contributed by atoms with Crippen LogP contribution in [0.3, 0.4) is 0 Å². The molecule has 2 unspecified atom stereocenters. The van der Waals surface area contributed by atoms with Crippen molar-refractivity contribution >= 4 is 0 Å². The van der Waals surface area contributed by atoms with Gasteiger partial charge in [-0.2, -0.15) is 0 Å². The summed E-state index contributed by atoms with van der Waals surface area (Å²) < 4.78 is 5.59. The van der Waals surface area contributed by atoms with Crippen LogP contribution < -0.4 is 5.32 Å². The van der Waals surface area contributed by atoms with Crippen LogP contribution in [0.25, 0.3) is 0 Å². The average molecular weight is 226 g/mol. The molecule has 2 aliphatic rings. The molecule has 94 valence electrons. The molecule has 1 saturated heterocycles. The highest BCUT2D eigenvalue weighted by atomic mass is 16.5. The van der Waals surface area contributed by atoms with Crippen molar-refractivity contribution in [2.75, 3.05) is 27.2 Å². The molecule has 1 saturated carbocycles. The zero-order valence-corrected chi connectivity index (χ0v) is 10.7. The second-order valence-corrected chi connectivity index (χ2v) is 5.41. The van der Waals surface area contributed by atoms with Crippen LogP contribution in [0.15, 0.2) is 0 Å². The number of methoxy groups -OCH3 is 1. The summed E-state index contributed by atoms with van der Waals surface area (Å²) >= 11 is 0. The summed E-state index contributed by atoms with van der Waals surface area (Å²) in [6.45, 7) is 2.48. The summed E-state index contributed by atoms with van der Waals surface area (Å²) in [5.74, 6) is 0. The lowest BCUT2D eigenvalue weighted by Gasteiger charge is -2.37. The average Bonchev–Trinajstić information content (AvgIpc) is 2.33. The number of nitrogens with zero attached hydrogens (tertiary/aromatic N) is 1. The Bertz CT molecular complexity index is 202. The third kappa shape index (κ3) is 3.19.